The molecule has 2 N–H and O–H groups in total. The Kier molecular flexibility index (Phi) is 3.86. The molecular formula is C12H12F3N3S. The number of aromatic nitrogens is 2. The van der Waals surface area contributed by atoms with Crippen molar-refractivity contribution in [1.82, 2.24) is 9.97 Å². The molecule has 0 aliphatic heterocycles. The van der Waals surface area contributed by atoms with E-state index in [1.165, 1.54) is 17.4 Å². The molecule has 1 atom stereocenters. The Morgan fingerprint density at radius 1 is 1.37 bits per heavy atom. The van der Waals surface area contributed by atoms with Gasteiger partial charge in [-0.05, 0) is 19.1 Å². The summed E-state index contributed by atoms with van der Waals surface area (Å²) in [5.41, 5.74) is 6.49. The molecule has 0 saturated heterocycles. The van der Waals surface area contributed by atoms with Crippen molar-refractivity contribution < 1.29 is 13.2 Å². The van der Waals surface area contributed by atoms with Gasteiger partial charge < -0.3 is 5.73 Å². The summed E-state index contributed by atoms with van der Waals surface area (Å²) >= 11 is 1.48. The molecule has 102 valence electrons. The minimum absolute atomic E-state index is 0.431. The first-order valence-electron chi connectivity index (χ1n) is 5.56. The number of thiazole rings is 1. The predicted octanol–water partition coefficient (Wildman–Crippen LogP) is 3.11. The summed E-state index contributed by atoms with van der Waals surface area (Å²) in [6.45, 7) is 1.88. The molecule has 0 spiro atoms. The molecule has 2 heterocycles. The van der Waals surface area contributed by atoms with Gasteiger partial charge in [-0.15, -0.1) is 11.3 Å². The number of hydrogen-bond donors (Lipinski definition) is 1. The number of rotatable bonds is 3. The molecular weight excluding hydrogens is 275 g/mol. The van der Waals surface area contributed by atoms with Crippen LogP contribution in [-0.2, 0) is 12.6 Å². The topological polar surface area (TPSA) is 51.8 Å². The second kappa shape index (κ2) is 5.26. The van der Waals surface area contributed by atoms with Crippen LogP contribution in [0.25, 0.3) is 0 Å². The van der Waals surface area contributed by atoms with Gasteiger partial charge in [0.05, 0.1) is 22.3 Å². The zero-order chi connectivity index (χ0) is 14.0. The fourth-order valence-electron chi connectivity index (χ4n) is 1.58. The molecule has 7 heteroatoms. The standard InChI is InChI=1S/C12H12F3N3S/c1-7-6-19-11(18-7)4-9(16)10-3-2-8(5-17-10)12(13,14)15/h2-3,5-6,9H,4,16H2,1H3. The highest BCUT2D eigenvalue weighted by Crippen LogP contribution is 2.29. The van der Waals surface area contributed by atoms with Gasteiger partial charge in [-0.1, -0.05) is 0 Å². The summed E-state index contributed by atoms with van der Waals surface area (Å²) < 4.78 is 37.2. The highest BCUT2D eigenvalue weighted by molar-refractivity contribution is 7.09. The Balaban J connectivity index is 2.09. The number of pyridine rings is 1. The van der Waals surface area contributed by atoms with Gasteiger partial charge in [0.2, 0.25) is 0 Å². The van der Waals surface area contributed by atoms with Crippen molar-refractivity contribution in [2.45, 2.75) is 25.6 Å². The van der Waals surface area contributed by atoms with E-state index >= 15 is 0 Å². The number of alkyl halides is 3. The minimum atomic E-state index is -4.37. The van der Waals surface area contributed by atoms with Crippen LogP contribution in [0.2, 0.25) is 0 Å². The second-order valence-electron chi connectivity index (χ2n) is 4.16. The quantitative estimate of drug-likeness (QED) is 0.943. The molecule has 19 heavy (non-hydrogen) atoms. The van der Waals surface area contributed by atoms with Gasteiger partial charge in [0.15, 0.2) is 0 Å². The van der Waals surface area contributed by atoms with Crippen LogP contribution < -0.4 is 5.73 Å². The average Bonchev–Trinajstić information content (AvgIpc) is 2.74. The van der Waals surface area contributed by atoms with Crippen molar-refractivity contribution in [2.24, 2.45) is 5.73 Å². The van der Waals surface area contributed by atoms with Gasteiger partial charge in [0.25, 0.3) is 0 Å². The molecule has 1 unspecified atom stereocenters. The lowest BCUT2D eigenvalue weighted by atomic mass is 10.1. The number of nitrogens with two attached hydrogens (primary N) is 1. The van der Waals surface area contributed by atoms with Gasteiger partial charge in [-0.25, -0.2) is 4.98 Å². The summed E-state index contributed by atoms with van der Waals surface area (Å²) in [5.74, 6) is 0. The summed E-state index contributed by atoms with van der Waals surface area (Å²) in [4.78, 5) is 8.04. The molecule has 0 amide bonds. The minimum Gasteiger partial charge on any atom is -0.322 e. The van der Waals surface area contributed by atoms with Gasteiger partial charge in [0.1, 0.15) is 0 Å². The molecule has 0 aliphatic carbocycles. The monoisotopic (exact) mass is 287 g/mol. The SMILES string of the molecule is Cc1csc(CC(N)c2ccc(C(F)(F)F)cn2)n1. The maximum Gasteiger partial charge on any atom is 0.417 e. The Morgan fingerprint density at radius 3 is 2.58 bits per heavy atom. The first kappa shape index (κ1) is 14.0. The van der Waals surface area contributed by atoms with E-state index in [4.69, 9.17) is 5.73 Å². The van der Waals surface area contributed by atoms with Crippen molar-refractivity contribution in [2.75, 3.05) is 0 Å². The average molecular weight is 287 g/mol. The highest BCUT2D eigenvalue weighted by Gasteiger charge is 2.30. The first-order chi connectivity index (χ1) is 8.86. The normalized spacial score (nSPS) is 13.5. The summed E-state index contributed by atoms with van der Waals surface area (Å²) in [5, 5.41) is 2.76. The van der Waals surface area contributed by atoms with E-state index in [1.54, 1.807) is 0 Å². The van der Waals surface area contributed by atoms with Crippen LogP contribution in [0.5, 0.6) is 0 Å². The van der Waals surface area contributed by atoms with Crippen molar-refractivity contribution >= 4 is 11.3 Å². The number of halogens is 3. The van der Waals surface area contributed by atoms with E-state index in [-0.39, 0.29) is 0 Å². The van der Waals surface area contributed by atoms with Gasteiger partial charge in [0, 0.05) is 23.7 Å². The predicted molar refractivity (Wildman–Crippen MR) is 66.7 cm³/mol. The molecule has 2 rings (SSSR count). The van der Waals surface area contributed by atoms with E-state index in [0.29, 0.717) is 12.1 Å². The van der Waals surface area contributed by atoms with E-state index in [2.05, 4.69) is 9.97 Å². The molecule has 0 aliphatic rings. The maximum absolute atomic E-state index is 12.4. The fourth-order valence-corrected chi connectivity index (χ4v) is 2.41. The Hall–Kier alpha value is -1.47. The third-order valence-electron chi connectivity index (χ3n) is 2.55. The first-order valence-corrected chi connectivity index (χ1v) is 6.44. The van der Waals surface area contributed by atoms with Crippen molar-refractivity contribution in [1.29, 1.82) is 0 Å². The van der Waals surface area contributed by atoms with E-state index in [9.17, 15) is 13.2 Å². The molecule has 0 radical (unpaired) electrons. The van der Waals surface area contributed by atoms with Crippen LogP contribution in [0.4, 0.5) is 13.2 Å². The van der Waals surface area contributed by atoms with Crippen LogP contribution in [-0.4, -0.2) is 9.97 Å². The number of hydrogen-bond acceptors (Lipinski definition) is 4. The summed E-state index contributed by atoms with van der Waals surface area (Å²) in [7, 11) is 0. The largest absolute Gasteiger partial charge is 0.417 e. The van der Waals surface area contributed by atoms with E-state index in [1.807, 2.05) is 12.3 Å². The molecule has 2 aromatic heterocycles. The lowest BCUT2D eigenvalue weighted by Crippen LogP contribution is -2.16. The van der Waals surface area contributed by atoms with Gasteiger partial charge in [-0.2, -0.15) is 13.2 Å². The molecule has 0 fully saturated rings. The van der Waals surface area contributed by atoms with Crippen LogP contribution in [0.15, 0.2) is 23.7 Å². The molecule has 0 saturated carbocycles. The Labute approximate surface area is 112 Å². The summed E-state index contributed by atoms with van der Waals surface area (Å²) in [6, 6.07) is 1.86. The van der Waals surface area contributed by atoms with Crippen molar-refractivity contribution in [3.05, 3.63) is 45.7 Å². The molecule has 3 nitrogen and oxygen atoms in total. The van der Waals surface area contributed by atoms with Crippen molar-refractivity contribution in [3.63, 3.8) is 0 Å². The molecule has 0 aromatic carbocycles. The maximum atomic E-state index is 12.4. The molecule has 0 bridgehead atoms. The van der Waals surface area contributed by atoms with Crippen LogP contribution in [0.3, 0.4) is 0 Å². The Bertz CT molecular complexity index is 548. The Morgan fingerprint density at radius 2 is 2.11 bits per heavy atom. The lowest BCUT2D eigenvalue weighted by molar-refractivity contribution is -0.137. The second-order valence-corrected chi connectivity index (χ2v) is 5.11. The van der Waals surface area contributed by atoms with Gasteiger partial charge >= 0.3 is 6.18 Å². The zero-order valence-electron chi connectivity index (χ0n) is 10.1. The zero-order valence-corrected chi connectivity index (χ0v) is 10.9. The van der Waals surface area contributed by atoms with Crippen molar-refractivity contribution in [3.8, 4) is 0 Å². The van der Waals surface area contributed by atoms with E-state index < -0.39 is 17.8 Å². The third kappa shape index (κ3) is 3.51. The number of nitrogens with zero attached hydrogens (tertiary/aromatic N) is 2. The van der Waals surface area contributed by atoms with Crippen LogP contribution >= 0.6 is 11.3 Å². The third-order valence-corrected chi connectivity index (χ3v) is 3.54. The van der Waals surface area contributed by atoms with Crippen LogP contribution in [0.1, 0.15) is 28.0 Å². The molecule has 2 aromatic rings. The van der Waals surface area contributed by atoms with Crippen LogP contribution in [0, 0.1) is 6.92 Å². The lowest BCUT2D eigenvalue weighted by Gasteiger charge is -2.11. The highest BCUT2D eigenvalue weighted by atomic mass is 32.1. The van der Waals surface area contributed by atoms with E-state index in [0.717, 1.165) is 23.0 Å². The number of aryl methyl sites for hydroxylation is 1. The van der Waals surface area contributed by atoms with Gasteiger partial charge in [-0.3, -0.25) is 4.98 Å². The summed E-state index contributed by atoms with van der Waals surface area (Å²) in [6.07, 6.45) is -3.10. The fraction of sp³-hybridized carbons (Fsp3) is 0.333. The smallest absolute Gasteiger partial charge is 0.322 e.